The summed E-state index contributed by atoms with van der Waals surface area (Å²) in [5, 5.41) is 9.04. The Balaban J connectivity index is 2.70. The summed E-state index contributed by atoms with van der Waals surface area (Å²) in [7, 11) is 3.22. The van der Waals surface area contributed by atoms with Crippen LogP contribution in [-0.2, 0) is 9.53 Å². The molecule has 0 saturated carbocycles. The molecule has 0 aromatic rings. The SMILES string of the molecule is C=CCO[C@@H]1C[C@@H](C(=O)N(C)C)N(C(=O)O)C1. The van der Waals surface area contributed by atoms with Gasteiger partial charge >= 0.3 is 6.09 Å². The van der Waals surface area contributed by atoms with E-state index in [9.17, 15) is 9.59 Å². The van der Waals surface area contributed by atoms with Crippen molar-refractivity contribution in [2.24, 2.45) is 0 Å². The lowest BCUT2D eigenvalue weighted by Gasteiger charge is -2.23. The monoisotopic (exact) mass is 242 g/mol. The van der Waals surface area contributed by atoms with Gasteiger partial charge in [0.2, 0.25) is 5.91 Å². The highest BCUT2D eigenvalue weighted by Crippen LogP contribution is 2.21. The fourth-order valence-corrected chi connectivity index (χ4v) is 1.87. The number of carbonyl (C=O) groups is 2. The van der Waals surface area contributed by atoms with Crippen molar-refractivity contribution in [3.63, 3.8) is 0 Å². The van der Waals surface area contributed by atoms with Crippen molar-refractivity contribution in [2.45, 2.75) is 18.6 Å². The van der Waals surface area contributed by atoms with Crippen LogP contribution in [0.3, 0.4) is 0 Å². The molecule has 1 N–H and O–H groups in total. The van der Waals surface area contributed by atoms with Crippen molar-refractivity contribution in [2.75, 3.05) is 27.2 Å². The molecule has 0 unspecified atom stereocenters. The highest BCUT2D eigenvalue weighted by molar-refractivity contribution is 5.85. The maximum Gasteiger partial charge on any atom is 0.408 e. The maximum atomic E-state index is 11.8. The van der Waals surface area contributed by atoms with E-state index in [-0.39, 0.29) is 18.6 Å². The number of likely N-dealkylation sites (tertiary alicyclic amines) is 1. The Kier molecular flexibility index (Phi) is 4.51. The van der Waals surface area contributed by atoms with Crippen molar-refractivity contribution in [3.8, 4) is 0 Å². The van der Waals surface area contributed by atoms with E-state index in [1.165, 1.54) is 4.90 Å². The van der Waals surface area contributed by atoms with Gasteiger partial charge in [-0.05, 0) is 0 Å². The topological polar surface area (TPSA) is 70.1 Å². The average Bonchev–Trinajstić information content (AvgIpc) is 2.69. The van der Waals surface area contributed by atoms with Gasteiger partial charge in [0.25, 0.3) is 0 Å². The van der Waals surface area contributed by atoms with Gasteiger partial charge in [0.1, 0.15) is 6.04 Å². The molecule has 0 spiro atoms. The van der Waals surface area contributed by atoms with Gasteiger partial charge in [-0.3, -0.25) is 9.69 Å². The molecule has 0 aromatic heterocycles. The van der Waals surface area contributed by atoms with Gasteiger partial charge in [-0.15, -0.1) is 6.58 Å². The Morgan fingerprint density at radius 2 is 2.24 bits per heavy atom. The third-order valence-corrected chi connectivity index (χ3v) is 2.68. The predicted molar refractivity (Wildman–Crippen MR) is 61.8 cm³/mol. The van der Waals surface area contributed by atoms with Gasteiger partial charge in [-0.2, -0.15) is 0 Å². The molecule has 17 heavy (non-hydrogen) atoms. The molecule has 0 aliphatic carbocycles. The number of carbonyl (C=O) groups excluding carboxylic acids is 1. The predicted octanol–water partition coefficient (Wildman–Crippen LogP) is 0.398. The third kappa shape index (κ3) is 3.20. The quantitative estimate of drug-likeness (QED) is 0.724. The minimum atomic E-state index is -1.09. The van der Waals surface area contributed by atoms with Crippen LogP contribution < -0.4 is 0 Å². The van der Waals surface area contributed by atoms with Gasteiger partial charge in [0.05, 0.1) is 19.3 Å². The average molecular weight is 242 g/mol. The summed E-state index contributed by atoms with van der Waals surface area (Å²) in [6.45, 7) is 4.12. The van der Waals surface area contributed by atoms with Crippen molar-refractivity contribution >= 4 is 12.0 Å². The number of hydrogen-bond acceptors (Lipinski definition) is 3. The minimum Gasteiger partial charge on any atom is -0.465 e. The van der Waals surface area contributed by atoms with Gasteiger partial charge in [-0.1, -0.05) is 6.08 Å². The van der Waals surface area contributed by atoms with E-state index in [4.69, 9.17) is 9.84 Å². The Morgan fingerprint density at radius 1 is 1.59 bits per heavy atom. The molecule has 96 valence electrons. The fraction of sp³-hybridized carbons (Fsp3) is 0.636. The molecule has 1 saturated heterocycles. The van der Waals surface area contributed by atoms with E-state index in [0.717, 1.165) is 4.90 Å². The van der Waals surface area contributed by atoms with Crippen LogP contribution in [0.15, 0.2) is 12.7 Å². The molecular formula is C11H18N2O4. The lowest BCUT2D eigenvalue weighted by atomic mass is 10.2. The summed E-state index contributed by atoms with van der Waals surface area (Å²) in [5.74, 6) is -0.211. The summed E-state index contributed by atoms with van der Waals surface area (Å²) in [5.41, 5.74) is 0. The van der Waals surface area contributed by atoms with E-state index in [0.29, 0.717) is 13.0 Å². The van der Waals surface area contributed by atoms with Crippen LogP contribution in [0.2, 0.25) is 0 Å². The first-order chi connectivity index (χ1) is 7.97. The van der Waals surface area contributed by atoms with Gasteiger partial charge < -0.3 is 14.7 Å². The molecule has 1 rings (SSSR count). The Morgan fingerprint density at radius 3 is 2.71 bits per heavy atom. The highest BCUT2D eigenvalue weighted by Gasteiger charge is 2.40. The smallest absolute Gasteiger partial charge is 0.408 e. The first-order valence-electron chi connectivity index (χ1n) is 5.40. The summed E-state index contributed by atoms with van der Waals surface area (Å²) in [6, 6.07) is -0.641. The van der Waals surface area contributed by atoms with Crippen LogP contribution in [0.25, 0.3) is 0 Å². The molecule has 0 bridgehead atoms. The molecule has 1 heterocycles. The van der Waals surface area contributed by atoms with Crippen LogP contribution in [0.5, 0.6) is 0 Å². The second kappa shape index (κ2) is 5.67. The number of amides is 2. The molecular weight excluding hydrogens is 224 g/mol. The molecule has 6 nitrogen and oxygen atoms in total. The number of carboxylic acid groups (broad SMARTS) is 1. The van der Waals surface area contributed by atoms with Gasteiger partial charge in [-0.25, -0.2) is 4.79 Å². The molecule has 0 radical (unpaired) electrons. The highest BCUT2D eigenvalue weighted by atomic mass is 16.5. The van der Waals surface area contributed by atoms with E-state index >= 15 is 0 Å². The standard InChI is InChI=1S/C11H18N2O4/c1-4-5-17-8-6-9(10(14)12(2)3)13(7-8)11(15)16/h4,8-9H,1,5-7H2,2-3H3,(H,15,16)/t8-,9+/m1/s1. The summed E-state index contributed by atoms with van der Waals surface area (Å²) in [4.78, 5) is 25.4. The van der Waals surface area contributed by atoms with Gasteiger partial charge in [0, 0.05) is 20.5 Å². The van der Waals surface area contributed by atoms with Crippen LogP contribution in [0.4, 0.5) is 4.79 Å². The van der Waals surface area contributed by atoms with E-state index < -0.39 is 12.1 Å². The number of ether oxygens (including phenoxy) is 1. The summed E-state index contributed by atoms with van der Waals surface area (Å²) >= 11 is 0. The zero-order chi connectivity index (χ0) is 13.0. The molecule has 1 fully saturated rings. The Bertz CT molecular complexity index is 317. The molecule has 1 aliphatic heterocycles. The van der Waals surface area contributed by atoms with Crippen molar-refractivity contribution in [1.29, 1.82) is 0 Å². The third-order valence-electron chi connectivity index (χ3n) is 2.68. The van der Waals surface area contributed by atoms with Crippen LogP contribution in [0.1, 0.15) is 6.42 Å². The largest absolute Gasteiger partial charge is 0.465 e. The van der Waals surface area contributed by atoms with Crippen LogP contribution in [0, 0.1) is 0 Å². The molecule has 0 aromatic carbocycles. The number of rotatable bonds is 4. The molecule has 6 heteroatoms. The van der Waals surface area contributed by atoms with Gasteiger partial charge in [0.15, 0.2) is 0 Å². The lowest BCUT2D eigenvalue weighted by molar-refractivity contribution is -0.132. The zero-order valence-electron chi connectivity index (χ0n) is 10.1. The summed E-state index contributed by atoms with van der Waals surface area (Å²) < 4.78 is 5.40. The molecule has 1 aliphatic rings. The summed E-state index contributed by atoms with van der Waals surface area (Å²) in [6.07, 6.45) is 0.677. The van der Waals surface area contributed by atoms with E-state index in [1.54, 1.807) is 20.2 Å². The molecule has 2 atom stereocenters. The Labute approximate surface area is 100 Å². The maximum absolute atomic E-state index is 11.8. The van der Waals surface area contributed by atoms with Crippen molar-refractivity contribution in [3.05, 3.63) is 12.7 Å². The number of hydrogen-bond donors (Lipinski definition) is 1. The Hall–Kier alpha value is -1.56. The number of nitrogens with zero attached hydrogens (tertiary/aromatic N) is 2. The lowest BCUT2D eigenvalue weighted by Crippen LogP contribution is -2.44. The minimum absolute atomic E-state index is 0.211. The van der Waals surface area contributed by atoms with Crippen LogP contribution in [-0.4, -0.2) is 66.3 Å². The van der Waals surface area contributed by atoms with E-state index in [2.05, 4.69) is 6.58 Å². The van der Waals surface area contributed by atoms with Crippen molar-refractivity contribution in [1.82, 2.24) is 9.80 Å². The van der Waals surface area contributed by atoms with E-state index in [1.807, 2.05) is 0 Å². The normalized spacial score (nSPS) is 23.5. The zero-order valence-corrected chi connectivity index (χ0v) is 10.1. The first kappa shape index (κ1) is 13.5. The fourth-order valence-electron chi connectivity index (χ4n) is 1.87. The van der Waals surface area contributed by atoms with Crippen LogP contribution >= 0.6 is 0 Å². The van der Waals surface area contributed by atoms with Crippen molar-refractivity contribution < 1.29 is 19.4 Å². The number of likely N-dealkylation sites (N-methyl/N-ethyl adjacent to an activating group) is 1. The second-order valence-electron chi connectivity index (χ2n) is 4.16. The first-order valence-corrected chi connectivity index (χ1v) is 5.40. The second-order valence-corrected chi connectivity index (χ2v) is 4.16. The molecule has 2 amide bonds.